The number of carbonyl (C=O) groups excluding carboxylic acids is 1. The molecule has 1 N–H and O–H groups in total. The molecule has 0 fully saturated rings. The molecular formula is C14H11ClF2N2O. The van der Waals surface area contributed by atoms with Crippen LogP contribution < -0.4 is 5.32 Å². The molecule has 0 spiro atoms. The van der Waals surface area contributed by atoms with Gasteiger partial charge in [0.25, 0.3) is 5.91 Å². The molecule has 1 aromatic heterocycles. The summed E-state index contributed by atoms with van der Waals surface area (Å²) in [6.45, 7) is 0.325. The average molecular weight is 297 g/mol. The Kier molecular flexibility index (Phi) is 4.63. The zero-order valence-electron chi connectivity index (χ0n) is 10.4. The van der Waals surface area contributed by atoms with Crippen molar-refractivity contribution in [2.24, 2.45) is 0 Å². The molecule has 0 aliphatic rings. The summed E-state index contributed by atoms with van der Waals surface area (Å²) in [4.78, 5) is 15.9. The number of carbonyl (C=O) groups is 1. The third kappa shape index (κ3) is 3.51. The molecule has 0 saturated heterocycles. The number of pyridine rings is 1. The number of hydrogen-bond donors (Lipinski definition) is 1. The molecule has 6 heteroatoms. The van der Waals surface area contributed by atoms with Gasteiger partial charge in [-0.1, -0.05) is 17.7 Å². The molecule has 0 radical (unpaired) electrons. The van der Waals surface area contributed by atoms with Crippen LogP contribution in [0.2, 0.25) is 5.02 Å². The molecule has 1 heterocycles. The second kappa shape index (κ2) is 6.43. The second-order valence-electron chi connectivity index (χ2n) is 4.07. The van der Waals surface area contributed by atoms with Gasteiger partial charge >= 0.3 is 0 Å². The number of amides is 1. The van der Waals surface area contributed by atoms with Crippen LogP contribution >= 0.6 is 11.6 Å². The highest BCUT2D eigenvalue weighted by molar-refractivity contribution is 6.33. The summed E-state index contributed by atoms with van der Waals surface area (Å²) in [5.41, 5.74) is 0.732. The van der Waals surface area contributed by atoms with Crippen LogP contribution in [0, 0.1) is 11.6 Å². The normalized spacial score (nSPS) is 10.3. The number of benzene rings is 1. The molecule has 0 aliphatic heterocycles. The van der Waals surface area contributed by atoms with Gasteiger partial charge in [-0.3, -0.25) is 9.78 Å². The van der Waals surface area contributed by atoms with Crippen molar-refractivity contribution in [3.05, 3.63) is 64.4 Å². The molecule has 20 heavy (non-hydrogen) atoms. The van der Waals surface area contributed by atoms with Gasteiger partial charge in [0.2, 0.25) is 0 Å². The summed E-state index contributed by atoms with van der Waals surface area (Å²) >= 11 is 5.71. The lowest BCUT2D eigenvalue weighted by Gasteiger charge is -2.07. The highest BCUT2D eigenvalue weighted by Crippen LogP contribution is 2.19. The van der Waals surface area contributed by atoms with Gasteiger partial charge in [-0.25, -0.2) is 8.78 Å². The van der Waals surface area contributed by atoms with Crippen molar-refractivity contribution in [3.8, 4) is 0 Å². The Bertz CT molecular complexity index is 620. The molecule has 1 aromatic carbocycles. The van der Waals surface area contributed by atoms with E-state index in [1.54, 1.807) is 12.3 Å². The summed E-state index contributed by atoms with van der Waals surface area (Å²) in [5.74, 6) is -2.74. The van der Waals surface area contributed by atoms with Crippen LogP contribution in [0.15, 0.2) is 36.5 Å². The van der Waals surface area contributed by atoms with E-state index in [1.165, 1.54) is 0 Å². The first-order valence-corrected chi connectivity index (χ1v) is 6.28. The van der Waals surface area contributed by atoms with E-state index >= 15 is 0 Å². The van der Waals surface area contributed by atoms with Crippen molar-refractivity contribution in [2.45, 2.75) is 6.42 Å². The summed E-state index contributed by atoms with van der Waals surface area (Å²) in [7, 11) is 0. The Labute approximate surface area is 119 Å². The maximum atomic E-state index is 13.1. The first-order chi connectivity index (χ1) is 9.58. The van der Waals surface area contributed by atoms with Gasteiger partial charge in [0.1, 0.15) is 0 Å². The van der Waals surface area contributed by atoms with Gasteiger partial charge in [0.15, 0.2) is 11.6 Å². The fourth-order valence-electron chi connectivity index (χ4n) is 1.64. The Hall–Kier alpha value is -2.01. The minimum atomic E-state index is -1.11. The van der Waals surface area contributed by atoms with Crippen molar-refractivity contribution in [1.29, 1.82) is 0 Å². The van der Waals surface area contributed by atoms with Crippen LogP contribution in [0.25, 0.3) is 0 Å². The summed E-state index contributed by atoms with van der Waals surface area (Å²) < 4.78 is 26.0. The monoisotopic (exact) mass is 296 g/mol. The van der Waals surface area contributed by atoms with Gasteiger partial charge in [-0.2, -0.15) is 0 Å². The zero-order valence-corrected chi connectivity index (χ0v) is 11.1. The highest BCUT2D eigenvalue weighted by Gasteiger charge is 2.14. The van der Waals surface area contributed by atoms with Crippen LogP contribution in [0.3, 0.4) is 0 Å². The van der Waals surface area contributed by atoms with Crippen molar-refractivity contribution in [3.63, 3.8) is 0 Å². The molecule has 2 rings (SSSR count). The van der Waals surface area contributed by atoms with Crippen LogP contribution in [0.4, 0.5) is 8.78 Å². The summed E-state index contributed by atoms with van der Waals surface area (Å²) in [5, 5.41) is 2.46. The van der Waals surface area contributed by atoms with E-state index < -0.39 is 17.5 Å². The zero-order chi connectivity index (χ0) is 14.5. The Morgan fingerprint density at radius 2 is 2.00 bits per heavy atom. The van der Waals surface area contributed by atoms with Crippen LogP contribution in [-0.4, -0.2) is 17.4 Å². The predicted molar refractivity (Wildman–Crippen MR) is 71.6 cm³/mol. The van der Waals surface area contributed by atoms with Crippen molar-refractivity contribution < 1.29 is 13.6 Å². The van der Waals surface area contributed by atoms with E-state index in [9.17, 15) is 13.6 Å². The third-order valence-electron chi connectivity index (χ3n) is 2.65. The Morgan fingerprint density at radius 1 is 1.25 bits per heavy atom. The first-order valence-electron chi connectivity index (χ1n) is 5.90. The fourth-order valence-corrected chi connectivity index (χ4v) is 1.88. The van der Waals surface area contributed by atoms with Crippen molar-refractivity contribution in [2.75, 3.05) is 6.54 Å². The molecule has 0 unspecified atom stereocenters. The van der Waals surface area contributed by atoms with E-state index in [0.717, 1.165) is 17.8 Å². The molecule has 0 aliphatic carbocycles. The number of aromatic nitrogens is 1. The van der Waals surface area contributed by atoms with Gasteiger partial charge in [-0.15, -0.1) is 0 Å². The number of halogens is 3. The lowest BCUT2D eigenvalue weighted by atomic mass is 10.2. The predicted octanol–water partition coefficient (Wildman–Crippen LogP) is 2.99. The number of nitrogens with zero attached hydrogens (tertiary/aromatic N) is 1. The molecule has 0 bridgehead atoms. The van der Waals surface area contributed by atoms with Gasteiger partial charge < -0.3 is 5.32 Å². The third-order valence-corrected chi connectivity index (χ3v) is 2.96. The van der Waals surface area contributed by atoms with E-state index in [4.69, 9.17) is 11.6 Å². The van der Waals surface area contributed by atoms with E-state index in [0.29, 0.717) is 13.0 Å². The maximum absolute atomic E-state index is 13.1. The maximum Gasteiger partial charge on any atom is 0.252 e. The SMILES string of the molecule is O=C(NCCc1ccccn1)c1cc(F)c(F)cc1Cl. The molecular weight excluding hydrogens is 286 g/mol. The minimum absolute atomic E-state index is 0.0911. The lowest BCUT2D eigenvalue weighted by Crippen LogP contribution is -2.26. The number of hydrogen-bond acceptors (Lipinski definition) is 2. The van der Waals surface area contributed by atoms with Gasteiger partial charge in [0, 0.05) is 24.9 Å². The van der Waals surface area contributed by atoms with Gasteiger partial charge in [0.05, 0.1) is 10.6 Å². The summed E-state index contributed by atoms with van der Waals surface area (Å²) in [6, 6.07) is 7.04. The lowest BCUT2D eigenvalue weighted by molar-refractivity contribution is 0.0953. The van der Waals surface area contributed by atoms with Crippen LogP contribution in [0.1, 0.15) is 16.1 Å². The molecule has 2 aromatic rings. The first kappa shape index (κ1) is 14.4. The molecule has 3 nitrogen and oxygen atoms in total. The highest BCUT2D eigenvalue weighted by atomic mass is 35.5. The van der Waals surface area contributed by atoms with Crippen molar-refractivity contribution in [1.82, 2.24) is 10.3 Å². The minimum Gasteiger partial charge on any atom is -0.352 e. The fraction of sp³-hybridized carbons (Fsp3) is 0.143. The topological polar surface area (TPSA) is 42.0 Å². The standard InChI is InChI=1S/C14H11ClF2N2O/c15-11-8-13(17)12(16)7-10(11)14(20)19-6-4-9-3-1-2-5-18-9/h1-3,5,7-8H,4,6H2,(H,19,20). The van der Waals surface area contributed by atoms with E-state index in [2.05, 4.69) is 10.3 Å². The van der Waals surface area contributed by atoms with Gasteiger partial charge in [-0.05, 0) is 24.3 Å². The average Bonchev–Trinajstić information content (AvgIpc) is 2.44. The second-order valence-corrected chi connectivity index (χ2v) is 4.48. The molecule has 104 valence electrons. The van der Waals surface area contributed by atoms with E-state index in [-0.39, 0.29) is 10.6 Å². The smallest absolute Gasteiger partial charge is 0.252 e. The molecule has 0 atom stereocenters. The Balaban J connectivity index is 1.97. The number of nitrogens with one attached hydrogen (secondary N) is 1. The van der Waals surface area contributed by atoms with Crippen LogP contribution in [0.5, 0.6) is 0 Å². The molecule has 0 saturated carbocycles. The van der Waals surface area contributed by atoms with E-state index in [1.807, 2.05) is 12.1 Å². The summed E-state index contributed by atoms with van der Waals surface area (Å²) in [6.07, 6.45) is 2.19. The van der Waals surface area contributed by atoms with Crippen LogP contribution in [-0.2, 0) is 6.42 Å². The largest absolute Gasteiger partial charge is 0.352 e. The Morgan fingerprint density at radius 3 is 2.70 bits per heavy atom. The number of rotatable bonds is 4. The molecule has 1 amide bonds. The van der Waals surface area contributed by atoms with Crippen molar-refractivity contribution >= 4 is 17.5 Å². The quantitative estimate of drug-likeness (QED) is 0.881.